The highest BCUT2D eigenvalue weighted by Crippen LogP contribution is 2.27. The number of urea groups is 1. The summed E-state index contributed by atoms with van der Waals surface area (Å²) in [7, 11) is 0. The van der Waals surface area contributed by atoms with Crippen LogP contribution >= 0.6 is 0 Å². The molecule has 1 aliphatic heterocycles. The summed E-state index contributed by atoms with van der Waals surface area (Å²) in [6, 6.07) is 5.40. The average molecular weight is 415 g/mol. The van der Waals surface area contributed by atoms with Crippen LogP contribution in [-0.4, -0.2) is 51.2 Å². The number of para-hydroxylation sites is 2. The minimum absolute atomic E-state index is 0.169. The maximum Gasteiger partial charge on any atom is 0.326 e. The van der Waals surface area contributed by atoms with E-state index in [-0.39, 0.29) is 11.8 Å². The fraction of sp³-hybridized carbons (Fsp3) is 0.524. The Hall–Kier alpha value is -3.10. The molecule has 2 heterocycles. The number of aliphatic carboxylic acids is 1. The van der Waals surface area contributed by atoms with E-state index in [9.17, 15) is 19.5 Å². The highest BCUT2D eigenvalue weighted by atomic mass is 16.4. The molecule has 0 spiro atoms. The van der Waals surface area contributed by atoms with Crippen molar-refractivity contribution in [2.24, 2.45) is 11.8 Å². The zero-order valence-electron chi connectivity index (χ0n) is 17.8. The summed E-state index contributed by atoms with van der Waals surface area (Å²) in [6.45, 7) is 8.31. The molecule has 9 nitrogen and oxygen atoms in total. The van der Waals surface area contributed by atoms with Crippen molar-refractivity contribution in [1.82, 2.24) is 20.2 Å². The number of aromatic nitrogens is 2. The number of carboxylic acid groups (broad SMARTS) is 1. The summed E-state index contributed by atoms with van der Waals surface area (Å²) in [5.74, 6) is -1.50. The van der Waals surface area contributed by atoms with Crippen LogP contribution in [0.4, 0.5) is 10.7 Å². The minimum Gasteiger partial charge on any atom is -0.480 e. The second kappa shape index (κ2) is 8.73. The van der Waals surface area contributed by atoms with Crippen LogP contribution in [0.1, 0.15) is 34.1 Å². The van der Waals surface area contributed by atoms with E-state index in [2.05, 4.69) is 15.6 Å². The Balaban J connectivity index is 1.78. The van der Waals surface area contributed by atoms with Gasteiger partial charge in [0, 0.05) is 13.1 Å². The SMILES string of the molecule is CCC(C)[C@H](NC(=O)N1CCn2c1nc1ccccc12)C(=O)N[C@H](C(=O)O)C(C)C. The Morgan fingerprint density at radius 2 is 1.80 bits per heavy atom. The Morgan fingerprint density at radius 1 is 1.10 bits per heavy atom. The number of fused-ring (bicyclic) bond motifs is 3. The van der Waals surface area contributed by atoms with Crippen LogP contribution < -0.4 is 15.5 Å². The molecule has 1 unspecified atom stereocenters. The van der Waals surface area contributed by atoms with E-state index in [0.717, 1.165) is 11.0 Å². The molecule has 0 fully saturated rings. The quantitative estimate of drug-likeness (QED) is 0.641. The van der Waals surface area contributed by atoms with Crippen LogP contribution in [0.3, 0.4) is 0 Å². The maximum absolute atomic E-state index is 13.0. The van der Waals surface area contributed by atoms with Crippen molar-refractivity contribution in [3.8, 4) is 0 Å². The molecule has 0 radical (unpaired) electrons. The van der Waals surface area contributed by atoms with E-state index in [1.54, 1.807) is 13.8 Å². The zero-order valence-corrected chi connectivity index (χ0v) is 17.8. The van der Waals surface area contributed by atoms with E-state index in [1.165, 1.54) is 4.90 Å². The topological polar surface area (TPSA) is 117 Å². The lowest BCUT2D eigenvalue weighted by Crippen LogP contribution is -2.57. The van der Waals surface area contributed by atoms with E-state index >= 15 is 0 Å². The third-order valence-electron chi connectivity index (χ3n) is 5.67. The lowest BCUT2D eigenvalue weighted by atomic mass is 9.97. The van der Waals surface area contributed by atoms with Crippen molar-refractivity contribution in [3.63, 3.8) is 0 Å². The molecule has 0 saturated carbocycles. The smallest absolute Gasteiger partial charge is 0.326 e. The van der Waals surface area contributed by atoms with Gasteiger partial charge in [0.25, 0.3) is 0 Å². The number of hydrogen-bond donors (Lipinski definition) is 3. The van der Waals surface area contributed by atoms with Crippen molar-refractivity contribution in [2.45, 2.75) is 52.7 Å². The summed E-state index contributed by atoms with van der Waals surface area (Å²) in [5.41, 5.74) is 1.77. The first-order chi connectivity index (χ1) is 14.2. The van der Waals surface area contributed by atoms with Crippen molar-refractivity contribution >= 4 is 34.9 Å². The summed E-state index contributed by atoms with van der Waals surface area (Å²) in [6.07, 6.45) is 0.649. The molecule has 3 N–H and O–H groups in total. The number of rotatable bonds is 7. The van der Waals surface area contributed by atoms with E-state index in [4.69, 9.17) is 0 Å². The summed E-state index contributed by atoms with van der Waals surface area (Å²) >= 11 is 0. The molecule has 3 rings (SSSR count). The molecule has 1 aliphatic rings. The predicted molar refractivity (Wildman–Crippen MR) is 113 cm³/mol. The molecule has 162 valence electrons. The van der Waals surface area contributed by atoms with Gasteiger partial charge in [-0.1, -0.05) is 46.2 Å². The monoisotopic (exact) mass is 415 g/mol. The predicted octanol–water partition coefficient (Wildman–Crippen LogP) is 2.21. The molecular formula is C21H29N5O4. The number of carbonyl (C=O) groups is 3. The first-order valence-electron chi connectivity index (χ1n) is 10.3. The first kappa shape index (κ1) is 21.6. The van der Waals surface area contributed by atoms with Crippen LogP contribution in [0.25, 0.3) is 11.0 Å². The van der Waals surface area contributed by atoms with Gasteiger partial charge in [0.2, 0.25) is 11.9 Å². The van der Waals surface area contributed by atoms with Crippen molar-refractivity contribution < 1.29 is 19.5 Å². The number of nitrogens with zero attached hydrogens (tertiary/aromatic N) is 3. The molecule has 0 saturated heterocycles. The number of anilines is 1. The summed E-state index contributed by atoms with van der Waals surface area (Å²) < 4.78 is 1.98. The van der Waals surface area contributed by atoms with Gasteiger partial charge in [0.05, 0.1) is 11.0 Å². The van der Waals surface area contributed by atoms with E-state index in [1.807, 2.05) is 42.7 Å². The van der Waals surface area contributed by atoms with Crippen molar-refractivity contribution in [1.29, 1.82) is 0 Å². The van der Waals surface area contributed by atoms with Gasteiger partial charge >= 0.3 is 12.0 Å². The zero-order chi connectivity index (χ0) is 22.0. The van der Waals surface area contributed by atoms with Gasteiger partial charge < -0.3 is 20.3 Å². The maximum atomic E-state index is 13.0. The van der Waals surface area contributed by atoms with Crippen LogP contribution in [0, 0.1) is 11.8 Å². The Labute approximate surface area is 175 Å². The summed E-state index contributed by atoms with van der Waals surface area (Å²) in [4.78, 5) is 43.5. The number of nitrogens with one attached hydrogen (secondary N) is 2. The first-order valence-corrected chi connectivity index (χ1v) is 10.3. The number of carboxylic acids is 1. The van der Waals surface area contributed by atoms with Gasteiger partial charge in [0.1, 0.15) is 12.1 Å². The Bertz CT molecular complexity index is 954. The molecule has 1 aromatic heterocycles. The average Bonchev–Trinajstić information content (AvgIpc) is 3.28. The number of benzene rings is 1. The molecule has 0 aliphatic carbocycles. The third kappa shape index (κ3) is 4.10. The van der Waals surface area contributed by atoms with Crippen LogP contribution in [0.5, 0.6) is 0 Å². The van der Waals surface area contributed by atoms with Gasteiger partial charge in [-0.05, 0) is 24.0 Å². The van der Waals surface area contributed by atoms with Gasteiger partial charge in [-0.2, -0.15) is 0 Å². The number of imidazole rings is 1. The minimum atomic E-state index is -1.10. The molecule has 2 aromatic rings. The highest BCUT2D eigenvalue weighted by Gasteiger charge is 2.34. The van der Waals surface area contributed by atoms with Crippen molar-refractivity contribution in [3.05, 3.63) is 24.3 Å². The number of carbonyl (C=O) groups excluding carboxylic acids is 2. The standard InChI is InChI=1S/C21H29N5O4/c1-5-13(4)17(18(27)23-16(12(2)3)19(28)29)24-21(30)26-11-10-25-15-9-7-6-8-14(15)22-20(25)26/h6-9,12-13,16-17H,5,10-11H2,1-4H3,(H,23,27)(H,24,30)(H,28,29)/t13?,16-,17-/m0/s1. The number of hydrogen-bond acceptors (Lipinski definition) is 4. The fourth-order valence-corrected chi connectivity index (χ4v) is 3.65. The third-order valence-corrected chi connectivity index (χ3v) is 5.67. The normalized spacial score (nSPS) is 16.2. The van der Waals surface area contributed by atoms with Gasteiger partial charge in [-0.25, -0.2) is 14.6 Å². The molecule has 0 bridgehead atoms. The van der Waals surface area contributed by atoms with Gasteiger partial charge in [-0.3, -0.25) is 9.69 Å². The fourth-order valence-electron chi connectivity index (χ4n) is 3.65. The lowest BCUT2D eigenvalue weighted by Gasteiger charge is -2.28. The van der Waals surface area contributed by atoms with Gasteiger partial charge in [0.15, 0.2) is 0 Å². The lowest BCUT2D eigenvalue weighted by molar-refractivity contribution is -0.143. The Morgan fingerprint density at radius 3 is 2.43 bits per heavy atom. The molecule has 30 heavy (non-hydrogen) atoms. The molecule has 9 heteroatoms. The molecule has 3 amide bonds. The molecular weight excluding hydrogens is 386 g/mol. The van der Waals surface area contributed by atoms with Crippen LogP contribution in [0.15, 0.2) is 24.3 Å². The Kier molecular flexibility index (Phi) is 6.28. The second-order valence-corrected chi connectivity index (χ2v) is 8.09. The van der Waals surface area contributed by atoms with E-state index in [0.29, 0.717) is 25.5 Å². The largest absolute Gasteiger partial charge is 0.480 e. The summed E-state index contributed by atoms with van der Waals surface area (Å²) in [5, 5.41) is 14.8. The highest BCUT2D eigenvalue weighted by molar-refractivity contribution is 5.97. The van der Waals surface area contributed by atoms with Crippen LogP contribution in [-0.2, 0) is 16.1 Å². The second-order valence-electron chi connectivity index (χ2n) is 8.09. The van der Waals surface area contributed by atoms with Crippen molar-refractivity contribution in [2.75, 3.05) is 11.4 Å². The van der Waals surface area contributed by atoms with E-state index < -0.39 is 30.0 Å². The van der Waals surface area contributed by atoms with Gasteiger partial charge in [-0.15, -0.1) is 0 Å². The molecule has 3 atom stereocenters. The van der Waals surface area contributed by atoms with Crippen LogP contribution in [0.2, 0.25) is 0 Å². The molecule has 1 aromatic carbocycles. The number of amides is 3.